The second kappa shape index (κ2) is 8.26. The average molecular weight is 425 g/mol. The molecule has 0 aliphatic rings. The fraction of sp³-hybridized carbons (Fsp3) is 0.0909. The number of nitrogen functional groups attached to an aromatic ring is 1. The number of anilines is 1. The lowest BCUT2D eigenvalue weighted by atomic mass is 10.1. The Hall–Kier alpha value is -4.60. The zero-order valence-electron chi connectivity index (χ0n) is 16.9. The standard InChI is InChI=1S/C22H19N9O/c23-20-19-21(26-12-25-20)31(13-27-19)16-8-6-15(7-9-16)11-24-22(32)18-17(28-30-29-18)10-14-4-2-1-3-5-14/h1-9,12-13H,10-11H2,(H,24,32)(H2,23,25,26)(H,28,29,30). The summed E-state index contributed by atoms with van der Waals surface area (Å²) in [5, 5.41) is 13.5. The van der Waals surface area contributed by atoms with Crippen LogP contribution in [0.2, 0.25) is 0 Å². The Balaban J connectivity index is 1.26. The van der Waals surface area contributed by atoms with E-state index in [1.54, 1.807) is 6.33 Å². The number of carbonyl (C=O) groups excluding carboxylic acids is 1. The Morgan fingerprint density at radius 1 is 1.00 bits per heavy atom. The van der Waals surface area contributed by atoms with E-state index < -0.39 is 0 Å². The summed E-state index contributed by atoms with van der Waals surface area (Å²) in [7, 11) is 0. The Morgan fingerprint density at radius 2 is 1.81 bits per heavy atom. The number of benzene rings is 2. The number of nitrogens with zero attached hydrogens (tertiary/aromatic N) is 6. The number of hydrogen-bond acceptors (Lipinski definition) is 7. The fourth-order valence-corrected chi connectivity index (χ4v) is 3.44. The highest BCUT2D eigenvalue weighted by Gasteiger charge is 2.16. The molecule has 5 aromatic rings. The minimum atomic E-state index is -0.276. The second-order valence-corrected chi connectivity index (χ2v) is 7.20. The minimum Gasteiger partial charge on any atom is -0.382 e. The first kappa shape index (κ1) is 19.4. The maximum absolute atomic E-state index is 12.7. The van der Waals surface area contributed by atoms with Crippen LogP contribution in [-0.4, -0.2) is 40.8 Å². The van der Waals surface area contributed by atoms with Crippen molar-refractivity contribution in [3.63, 3.8) is 0 Å². The summed E-state index contributed by atoms with van der Waals surface area (Å²) in [6.45, 7) is 0.358. The van der Waals surface area contributed by atoms with Gasteiger partial charge in [0.05, 0.1) is 5.69 Å². The van der Waals surface area contributed by atoms with E-state index in [-0.39, 0.29) is 5.91 Å². The van der Waals surface area contributed by atoms with Gasteiger partial charge in [0.2, 0.25) is 0 Å². The third-order valence-corrected chi connectivity index (χ3v) is 5.09. The molecule has 32 heavy (non-hydrogen) atoms. The number of aromatic nitrogens is 7. The lowest BCUT2D eigenvalue weighted by Crippen LogP contribution is -2.24. The van der Waals surface area contributed by atoms with Gasteiger partial charge in [-0.2, -0.15) is 0 Å². The maximum Gasteiger partial charge on any atom is 0.274 e. The largest absolute Gasteiger partial charge is 0.382 e. The van der Waals surface area contributed by atoms with Crippen LogP contribution in [0.5, 0.6) is 0 Å². The highest BCUT2D eigenvalue weighted by atomic mass is 16.2. The average Bonchev–Trinajstić information content (AvgIpc) is 3.47. The first-order valence-electron chi connectivity index (χ1n) is 9.94. The Labute approximate surface area is 182 Å². The van der Waals surface area contributed by atoms with Gasteiger partial charge in [-0.25, -0.2) is 15.0 Å². The van der Waals surface area contributed by atoms with Crippen LogP contribution in [0.1, 0.15) is 27.3 Å². The van der Waals surface area contributed by atoms with Crippen molar-refractivity contribution in [1.82, 2.24) is 40.2 Å². The summed E-state index contributed by atoms with van der Waals surface area (Å²) in [5.41, 5.74) is 10.9. The highest BCUT2D eigenvalue weighted by molar-refractivity contribution is 5.93. The van der Waals surface area contributed by atoms with Crippen LogP contribution in [0.3, 0.4) is 0 Å². The molecular formula is C22H19N9O. The summed E-state index contributed by atoms with van der Waals surface area (Å²) in [4.78, 5) is 25.2. The van der Waals surface area contributed by atoms with E-state index >= 15 is 0 Å². The summed E-state index contributed by atoms with van der Waals surface area (Å²) >= 11 is 0. The van der Waals surface area contributed by atoms with Gasteiger partial charge in [0.15, 0.2) is 22.7 Å². The third-order valence-electron chi connectivity index (χ3n) is 5.09. The molecule has 2 aromatic carbocycles. The number of carbonyl (C=O) groups is 1. The van der Waals surface area contributed by atoms with E-state index in [9.17, 15) is 4.79 Å². The van der Waals surface area contributed by atoms with Crippen LogP contribution in [0.15, 0.2) is 67.3 Å². The number of aromatic amines is 1. The number of H-pyrrole nitrogens is 1. The van der Waals surface area contributed by atoms with Gasteiger partial charge in [-0.1, -0.05) is 47.7 Å². The van der Waals surface area contributed by atoms with Crippen LogP contribution < -0.4 is 11.1 Å². The van der Waals surface area contributed by atoms with Crippen molar-refractivity contribution < 1.29 is 4.79 Å². The van der Waals surface area contributed by atoms with E-state index in [2.05, 4.69) is 35.7 Å². The molecule has 0 aliphatic heterocycles. The lowest BCUT2D eigenvalue weighted by Gasteiger charge is -2.07. The van der Waals surface area contributed by atoms with E-state index in [0.717, 1.165) is 16.8 Å². The van der Waals surface area contributed by atoms with Crippen LogP contribution in [0.25, 0.3) is 16.9 Å². The smallest absolute Gasteiger partial charge is 0.274 e. The van der Waals surface area contributed by atoms with E-state index in [1.165, 1.54) is 6.33 Å². The molecule has 5 rings (SSSR count). The molecule has 1 amide bonds. The molecule has 0 aliphatic carbocycles. The predicted octanol–water partition coefficient (Wildman–Crippen LogP) is 2.04. The fourth-order valence-electron chi connectivity index (χ4n) is 3.44. The number of nitrogens with one attached hydrogen (secondary N) is 2. The SMILES string of the molecule is Nc1ncnc2c1ncn2-c1ccc(CNC(=O)c2nn[nH]c2Cc2ccccc2)cc1. The number of nitrogens with two attached hydrogens (primary N) is 1. The van der Waals surface area contributed by atoms with E-state index in [1.807, 2.05) is 59.2 Å². The van der Waals surface area contributed by atoms with E-state index in [0.29, 0.717) is 41.3 Å². The molecule has 3 heterocycles. The first-order valence-corrected chi connectivity index (χ1v) is 9.94. The molecular weight excluding hydrogens is 406 g/mol. The van der Waals surface area contributed by atoms with Crippen molar-refractivity contribution in [2.24, 2.45) is 0 Å². The van der Waals surface area contributed by atoms with Gasteiger partial charge in [0.1, 0.15) is 12.7 Å². The Bertz CT molecular complexity index is 1370. The van der Waals surface area contributed by atoms with Crippen LogP contribution in [0, 0.1) is 0 Å². The topological polar surface area (TPSA) is 140 Å². The molecule has 0 atom stereocenters. The molecule has 3 aromatic heterocycles. The zero-order chi connectivity index (χ0) is 21.9. The summed E-state index contributed by atoms with van der Waals surface area (Å²) in [6, 6.07) is 17.6. The maximum atomic E-state index is 12.7. The number of amides is 1. The van der Waals surface area contributed by atoms with Crippen LogP contribution in [0.4, 0.5) is 5.82 Å². The molecule has 10 nitrogen and oxygen atoms in total. The number of imidazole rings is 1. The van der Waals surface area contributed by atoms with Crippen molar-refractivity contribution in [3.05, 3.63) is 89.8 Å². The number of hydrogen-bond donors (Lipinski definition) is 3. The predicted molar refractivity (Wildman–Crippen MR) is 118 cm³/mol. The summed E-state index contributed by atoms with van der Waals surface area (Å²) < 4.78 is 1.83. The van der Waals surface area contributed by atoms with Crippen molar-refractivity contribution in [1.29, 1.82) is 0 Å². The molecule has 0 bridgehead atoms. The van der Waals surface area contributed by atoms with E-state index in [4.69, 9.17) is 5.73 Å². The molecule has 0 spiro atoms. The van der Waals surface area contributed by atoms with Gasteiger partial charge in [0.25, 0.3) is 5.91 Å². The minimum absolute atomic E-state index is 0.276. The second-order valence-electron chi connectivity index (χ2n) is 7.20. The summed E-state index contributed by atoms with van der Waals surface area (Å²) in [6.07, 6.45) is 3.62. The van der Waals surface area contributed by atoms with Crippen LogP contribution in [-0.2, 0) is 13.0 Å². The van der Waals surface area contributed by atoms with Crippen LogP contribution >= 0.6 is 0 Å². The zero-order valence-corrected chi connectivity index (χ0v) is 16.9. The van der Waals surface area contributed by atoms with Gasteiger partial charge in [-0.05, 0) is 23.3 Å². The lowest BCUT2D eigenvalue weighted by molar-refractivity contribution is 0.0945. The van der Waals surface area contributed by atoms with Crippen molar-refractivity contribution in [2.45, 2.75) is 13.0 Å². The molecule has 0 unspecified atom stereocenters. The molecule has 0 saturated heterocycles. The van der Waals surface area contributed by atoms with Gasteiger partial charge < -0.3 is 11.1 Å². The summed E-state index contributed by atoms with van der Waals surface area (Å²) in [5.74, 6) is 0.0640. The van der Waals surface area contributed by atoms with Gasteiger partial charge in [-0.3, -0.25) is 14.5 Å². The normalized spacial score (nSPS) is 11.0. The van der Waals surface area contributed by atoms with Gasteiger partial charge >= 0.3 is 0 Å². The first-order chi connectivity index (χ1) is 15.7. The molecule has 0 saturated carbocycles. The quantitative estimate of drug-likeness (QED) is 0.378. The van der Waals surface area contributed by atoms with Gasteiger partial charge in [0, 0.05) is 18.7 Å². The number of rotatable bonds is 6. The Morgan fingerprint density at radius 3 is 2.62 bits per heavy atom. The molecule has 158 valence electrons. The monoisotopic (exact) mass is 425 g/mol. The molecule has 0 fully saturated rings. The van der Waals surface area contributed by atoms with Crippen molar-refractivity contribution in [3.8, 4) is 5.69 Å². The van der Waals surface area contributed by atoms with Gasteiger partial charge in [-0.15, -0.1) is 5.10 Å². The van der Waals surface area contributed by atoms with Crippen molar-refractivity contribution >= 4 is 22.9 Å². The molecule has 10 heteroatoms. The number of fused-ring (bicyclic) bond motifs is 1. The highest BCUT2D eigenvalue weighted by Crippen LogP contribution is 2.19. The third kappa shape index (κ3) is 3.76. The molecule has 0 radical (unpaired) electrons. The molecule has 4 N–H and O–H groups in total. The Kier molecular flexibility index (Phi) is 5.00. The van der Waals surface area contributed by atoms with Crippen molar-refractivity contribution in [2.75, 3.05) is 5.73 Å².